The summed E-state index contributed by atoms with van der Waals surface area (Å²) in [5.74, 6) is -0.0875. The van der Waals surface area contributed by atoms with Gasteiger partial charge in [-0.2, -0.15) is 0 Å². The number of fused-ring (bicyclic) bond motifs is 1. The Balaban J connectivity index is 1.54. The van der Waals surface area contributed by atoms with Crippen LogP contribution in [0.2, 0.25) is 0 Å². The first kappa shape index (κ1) is 29.4. The van der Waals surface area contributed by atoms with E-state index < -0.39 is 17.7 Å². The standard InChI is InChI=1S/C29H35N5O7/c1-8-38-27(36)18-14-16(2)30-22(18)15-19-24-21(32-25(19)35)11-10-20(31-24)23-17(3)41-33-26(23)39-13-9-12-34(7)28(37)40-29(4,5)6/h10-11,14-15,30H,8-9,12-13H2,1-7H3,(H,32,35)/b19-15-. The van der Waals surface area contributed by atoms with Gasteiger partial charge in [-0.05, 0) is 77.4 Å². The summed E-state index contributed by atoms with van der Waals surface area (Å²) < 4.78 is 21.8. The average molecular weight is 566 g/mol. The smallest absolute Gasteiger partial charge is 0.410 e. The van der Waals surface area contributed by atoms with Gasteiger partial charge in [0, 0.05) is 19.3 Å². The lowest BCUT2D eigenvalue weighted by atomic mass is 10.1. The van der Waals surface area contributed by atoms with Crippen molar-refractivity contribution in [1.82, 2.24) is 20.0 Å². The molecule has 0 bridgehead atoms. The highest BCUT2D eigenvalue weighted by Gasteiger charge is 2.29. The zero-order valence-electron chi connectivity index (χ0n) is 24.3. The van der Waals surface area contributed by atoms with Crippen LogP contribution in [-0.2, 0) is 14.3 Å². The quantitative estimate of drug-likeness (QED) is 0.208. The first-order valence-electron chi connectivity index (χ1n) is 13.3. The number of esters is 1. The molecule has 3 aromatic rings. The van der Waals surface area contributed by atoms with Crippen molar-refractivity contribution < 1.29 is 33.1 Å². The van der Waals surface area contributed by atoms with Crippen LogP contribution in [0.1, 0.15) is 67.3 Å². The van der Waals surface area contributed by atoms with E-state index in [1.54, 1.807) is 45.2 Å². The van der Waals surface area contributed by atoms with Crippen molar-refractivity contribution in [3.05, 3.63) is 46.6 Å². The Morgan fingerprint density at radius 1 is 1.20 bits per heavy atom. The Kier molecular flexibility index (Phi) is 8.50. The molecule has 0 aromatic carbocycles. The molecule has 12 nitrogen and oxygen atoms in total. The van der Waals surface area contributed by atoms with Gasteiger partial charge in [0.25, 0.3) is 11.8 Å². The topological polar surface area (TPSA) is 149 Å². The van der Waals surface area contributed by atoms with Gasteiger partial charge in [-0.15, -0.1) is 0 Å². The summed E-state index contributed by atoms with van der Waals surface area (Å²) in [6, 6.07) is 5.17. The van der Waals surface area contributed by atoms with Gasteiger partial charge in [0.2, 0.25) is 0 Å². The summed E-state index contributed by atoms with van der Waals surface area (Å²) >= 11 is 0. The lowest BCUT2D eigenvalue weighted by Gasteiger charge is -2.24. The molecule has 0 atom stereocenters. The minimum Gasteiger partial charge on any atom is -0.475 e. The van der Waals surface area contributed by atoms with Gasteiger partial charge < -0.3 is 33.9 Å². The van der Waals surface area contributed by atoms with E-state index in [1.165, 1.54) is 4.90 Å². The van der Waals surface area contributed by atoms with Crippen LogP contribution in [0.3, 0.4) is 0 Å². The fourth-order valence-electron chi connectivity index (χ4n) is 4.22. The molecule has 3 aromatic heterocycles. The van der Waals surface area contributed by atoms with Gasteiger partial charge in [-0.25, -0.2) is 14.6 Å². The molecule has 0 unspecified atom stereocenters. The second kappa shape index (κ2) is 11.9. The first-order valence-corrected chi connectivity index (χ1v) is 13.3. The third-order valence-corrected chi connectivity index (χ3v) is 6.08. The monoisotopic (exact) mass is 565 g/mol. The highest BCUT2D eigenvalue weighted by molar-refractivity contribution is 6.34. The summed E-state index contributed by atoms with van der Waals surface area (Å²) in [5.41, 5.74) is 3.25. The van der Waals surface area contributed by atoms with Crippen LogP contribution in [0.25, 0.3) is 22.9 Å². The number of carbonyl (C=O) groups excluding carboxylic acids is 3. The lowest BCUT2D eigenvalue weighted by Crippen LogP contribution is -2.35. The van der Waals surface area contributed by atoms with E-state index in [-0.39, 0.29) is 30.6 Å². The van der Waals surface area contributed by atoms with Crippen LogP contribution in [0.15, 0.2) is 22.7 Å². The van der Waals surface area contributed by atoms with Crippen LogP contribution in [0, 0.1) is 13.8 Å². The number of amides is 2. The number of hydrogen-bond acceptors (Lipinski definition) is 9. The number of anilines is 1. The lowest BCUT2D eigenvalue weighted by molar-refractivity contribution is -0.110. The van der Waals surface area contributed by atoms with Gasteiger partial charge in [0.15, 0.2) is 0 Å². The minimum absolute atomic E-state index is 0.232. The van der Waals surface area contributed by atoms with E-state index in [0.717, 1.165) is 5.69 Å². The summed E-state index contributed by atoms with van der Waals surface area (Å²) in [4.78, 5) is 46.9. The molecule has 12 heteroatoms. The Bertz CT molecular complexity index is 1500. The molecule has 4 rings (SSSR count). The number of H-pyrrole nitrogens is 1. The van der Waals surface area contributed by atoms with Gasteiger partial charge >= 0.3 is 12.1 Å². The minimum atomic E-state index is -0.573. The number of ether oxygens (including phenoxy) is 3. The third-order valence-electron chi connectivity index (χ3n) is 6.08. The SMILES string of the molecule is CCOC(=O)c1cc(C)[nH]c1/C=C1\C(=O)Nc2ccc(-c3c(OCCCN(C)C(=O)OC(C)(C)C)noc3C)nc21. The fourth-order valence-corrected chi connectivity index (χ4v) is 4.22. The normalized spacial score (nSPS) is 13.6. The average Bonchev–Trinajstić information content (AvgIpc) is 3.55. The van der Waals surface area contributed by atoms with Crippen molar-refractivity contribution in [2.24, 2.45) is 0 Å². The Morgan fingerprint density at radius 2 is 1.95 bits per heavy atom. The zero-order chi connectivity index (χ0) is 29.9. The number of nitrogens with zero attached hydrogens (tertiary/aromatic N) is 3. The van der Waals surface area contributed by atoms with Gasteiger partial charge in [0.1, 0.15) is 22.6 Å². The molecule has 1 aliphatic heterocycles. The molecule has 0 saturated carbocycles. The second-order valence-corrected chi connectivity index (χ2v) is 10.6. The number of hydrogen-bond donors (Lipinski definition) is 2. The van der Waals surface area contributed by atoms with Crippen molar-refractivity contribution in [3.63, 3.8) is 0 Å². The number of aromatic nitrogens is 3. The van der Waals surface area contributed by atoms with Crippen molar-refractivity contribution in [2.75, 3.05) is 32.1 Å². The van der Waals surface area contributed by atoms with Crippen molar-refractivity contribution >= 4 is 35.3 Å². The van der Waals surface area contributed by atoms with Crippen LogP contribution < -0.4 is 10.1 Å². The molecule has 0 saturated heterocycles. The maximum absolute atomic E-state index is 12.9. The molecule has 2 amide bonds. The predicted molar refractivity (Wildman–Crippen MR) is 151 cm³/mol. The summed E-state index contributed by atoms with van der Waals surface area (Å²) in [5, 5.41) is 6.86. The summed E-state index contributed by atoms with van der Waals surface area (Å²) in [6.07, 6.45) is 1.72. The van der Waals surface area contributed by atoms with Gasteiger partial charge in [-0.1, -0.05) is 0 Å². The van der Waals surface area contributed by atoms with E-state index in [1.807, 2.05) is 27.7 Å². The third kappa shape index (κ3) is 6.76. The molecule has 0 aliphatic carbocycles. The molecule has 0 spiro atoms. The molecule has 2 N–H and O–H groups in total. The van der Waals surface area contributed by atoms with E-state index in [2.05, 4.69) is 15.5 Å². The molecular weight excluding hydrogens is 530 g/mol. The first-order chi connectivity index (χ1) is 19.4. The summed E-state index contributed by atoms with van der Waals surface area (Å²) in [6.45, 7) is 11.7. The molecule has 1 aliphatic rings. The van der Waals surface area contributed by atoms with Crippen LogP contribution in [0.5, 0.6) is 5.88 Å². The predicted octanol–water partition coefficient (Wildman–Crippen LogP) is 4.99. The molecule has 0 fully saturated rings. The maximum Gasteiger partial charge on any atom is 0.410 e. The van der Waals surface area contributed by atoms with Crippen LogP contribution >= 0.6 is 0 Å². The summed E-state index contributed by atoms with van der Waals surface area (Å²) in [7, 11) is 1.67. The highest BCUT2D eigenvalue weighted by Crippen LogP contribution is 2.37. The van der Waals surface area contributed by atoms with Gasteiger partial charge in [0.05, 0.1) is 41.4 Å². The molecule has 218 valence electrons. The molecular formula is C29H35N5O7. The molecule has 4 heterocycles. The van der Waals surface area contributed by atoms with Gasteiger partial charge in [-0.3, -0.25) is 4.79 Å². The number of aryl methyl sites for hydroxylation is 2. The molecule has 0 radical (unpaired) electrons. The van der Waals surface area contributed by atoms with Crippen LogP contribution in [0.4, 0.5) is 10.5 Å². The highest BCUT2D eigenvalue weighted by atomic mass is 16.6. The van der Waals surface area contributed by atoms with Crippen molar-refractivity contribution in [1.29, 1.82) is 0 Å². The van der Waals surface area contributed by atoms with Crippen LogP contribution in [-0.4, -0.2) is 70.4 Å². The maximum atomic E-state index is 12.9. The number of rotatable bonds is 9. The second-order valence-electron chi connectivity index (χ2n) is 10.6. The van der Waals surface area contributed by atoms with Crippen molar-refractivity contribution in [3.8, 4) is 17.1 Å². The van der Waals surface area contributed by atoms with E-state index in [4.69, 9.17) is 23.7 Å². The molecule has 41 heavy (non-hydrogen) atoms. The number of carbonyl (C=O) groups is 3. The Hall–Kier alpha value is -4.61. The largest absolute Gasteiger partial charge is 0.475 e. The zero-order valence-corrected chi connectivity index (χ0v) is 24.3. The van der Waals surface area contributed by atoms with Crippen molar-refractivity contribution in [2.45, 2.75) is 53.6 Å². The number of aromatic amines is 1. The fraction of sp³-hybridized carbons (Fsp3) is 0.414. The van der Waals surface area contributed by atoms with E-state index in [9.17, 15) is 14.4 Å². The Labute approximate surface area is 238 Å². The number of nitrogens with one attached hydrogen (secondary N) is 2. The Morgan fingerprint density at radius 3 is 2.66 bits per heavy atom. The van der Waals surface area contributed by atoms with E-state index >= 15 is 0 Å². The number of pyridine rings is 1. The van der Waals surface area contributed by atoms with E-state index in [0.29, 0.717) is 52.6 Å².